The Hall–Kier alpha value is -0.570. The Bertz CT molecular complexity index is 284. The average Bonchev–Trinajstić information content (AvgIpc) is 2.39. The maximum atomic E-state index is 10.9. The molecular weight excluding hydrogens is 238 g/mol. The summed E-state index contributed by atoms with van der Waals surface area (Å²) in [6, 6.07) is 0. The van der Waals surface area contributed by atoms with Crippen molar-refractivity contribution < 1.29 is 9.90 Å². The van der Waals surface area contributed by atoms with Gasteiger partial charge in [-0.1, -0.05) is 19.8 Å². The Labute approximate surface area is 117 Å². The van der Waals surface area contributed by atoms with E-state index in [2.05, 4.69) is 12.2 Å². The van der Waals surface area contributed by atoms with Gasteiger partial charge in [0.2, 0.25) is 0 Å². The molecule has 0 spiro atoms. The van der Waals surface area contributed by atoms with Gasteiger partial charge >= 0.3 is 5.97 Å². The summed E-state index contributed by atoms with van der Waals surface area (Å²) in [7, 11) is 0. The van der Waals surface area contributed by atoms with Crippen LogP contribution in [-0.4, -0.2) is 24.2 Å². The zero-order valence-corrected chi connectivity index (χ0v) is 12.2. The van der Waals surface area contributed by atoms with Crippen LogP contribution in [0.25, 0.3) is 0 Å². The smallest absolute Gasteiger partial charge is 0.306 e. The number of aliphatic carboxylic acids is 1. The van der Waals surface area contributed by atoms with Crippen LogP contribution >= 0.6 is 0 Å². The van der Waals surface area contributed by atoms with Crippen LogP contribution in [0.3, 0.4) is 0 Å². The number of hydrogen-bond acceptors (Lipinski definition) is 2. The Morgan fingerprint density at radius 1 is 1.05 bits per heavy atom. The summed E-state index contributed by atoms with van der Waals surface area (Å²) in [4.78, 5) is 10.9. The fraction of sp³-hybridized carbons (Fsp3) is 0.938. The average molecular weight is 267 g/mol. The van der Waals surface area contributed by atoms with Gasteiger partial charge in [-0.05, 0) is 69.4 Å². The van der Waals surface area contributed by atoms with Gasteiger partial charge in [0.05, 0.1) is 5.92 Å². The molecule has 2 aliphatic carbocycles. The molecular formula is C16H29NO2. The number of carbonyl (C=O) groups is 1. The van der Waals surface area contributed by atoms with Crippen molar-refractivity contribution in [1.29, 1.82) is 0 Å². The van der Waals surface area contributed by atoms with Crippen molar-refractivity contribution in [2.24, 2.45) is 23.7 Å². The van der Waals surface area contributed by atoms with Gasteiger partial charge in [-0.25, -0.2) is 0 Å². The highest BCUT2D eigenvalue weighted by Gasteiger charge is 2.26. The van der Waals surface area contributed by atoms with E-state index in [9.17, 15) is 4.79 Å². The summed E-state index contributed by atoms with van der Waals surface area (Å²) in [6.45, 7) is 4.64. The van der Waals surface area contributed by atoms with Crippen LogP contribution in [0.1, 0.15) is 58.3 Å². The molecule has 110 valence electrons. The molecule has 0 heterocycles. The summed E-state index contributed by atoms with van der Waals surface area (Å²) in [5.74, 6) is 1.82. The van der Waals surface area contributed by atoms with Gasteiger partial charge in [0.15, 0.2) is 0 Å². The van der Waals surface area contributed by atoms with E-state index in [-0.39, 0.29) is 5.92 Å². The van der Waals surface area contributed by atoms with Crippen molar-refractivity contribution in [3.05, 3.63) is 0 Å². The number of nitrogens with one attached hydrogen (secondary N) is 1. The van der Waals surface area contributed by atoms with E-state index in [4.69, 9.17) is 5.11 Å². The monoisotopic (exact) mass is 267 g/mol. The zero-order valence-electron chi connectivity index (χ0n) is 12.2. The molecule has 0 saturated heterocycles. The lowest BCUT2D eigenvalue weighted by molar-refractivity contribution is -0.143. The van der Waals surface area contributed by atoms with Crippen molar-refractivity contribution in [1.82, 2.24) is 5.32 Å². The summed E-state index contributed by atoms with van der Waals surface area (Å²) in [6.07, 6.45) is 9.52. The van der Waals surface area contributed by atoms with Crippen LogP contribution < -0.4 is 5.32 Å². The number of rotatable bonds is 5. The highest BCUT2D eigenvalue weighted by Crippen LogP contribution is 2.30. The fourth-order valence-corrected chi connectivity index (χ4v) is 3.85. The van der Waals surface area contributed by atoms with Crippen molar-refractivity contribution in [2.75, 3.05) is 13.1 Å². The van der Waals surface area contributed by atoms with E-state index in [1.807, 2.05) is 0 Å². The minimum Gasteiger partial charge on any atom is -0.481 e. The molecule has 2 saturated carbocycles. The Balaban J connectivity index is 1.58. The second kappa shape index (κ2) is 7.28. The van der Waals surface area contributed by atoms with Gasteiger partial charge in [-0.15, -0.1) is 0 Å². The van der Waals surface area contributed by atoms with Gasteiger partial charge in [-0.3, -0.25) is 4.79 Å². The highest BCUT2D eigenvalue weighted by atomic mass is 16.4. The van der Waals surface area contributed by atoms with Crippen molar-refractivity contribution in [3.63, 3.8) is 0 Å². The second-order valence-corrected chi connectivity index (χ2v) is 6.85. The van der Waals surface area contributed by atoms with E-state index in [0.717, 1.165) is 44.1 Å². The molecule has 2 unspecified atom stereocenters. The minimum atomic E-state index is -0.595. The topological polar surface area (TPSA) is 49.3 Å². The lowest BCUT2D eigenvalue weighted by Crippen LogP contribution is -2.32. The minimum absolute atomic E-state index is 0.0737. The molecule has 0 aromatic heterocycles. The van der Waals surface area contributed by atoms with Gasteiger partial charge in [0.25, 0.3) is 0 Å². The first-order valence-corrected chi connectivity index (χ1v) is 8.08. The van der Waals surface area contributed by atoms with Gasteiger partial charge < -0.3 is 10.4 Å². The van der Waals surface area contributed by atoms with E-state index < -0.39 is 5.97 Å². The SMILES string of the molecule is CC1CCCC(CNCC2CCC(C(=O)O)CC2)C1. The Morgan fingerprint density at radius 3 is 2.37 bits per heavy atom. The molecule has 2 fully saturated rings. The molecule has 0 aromatic rings. The van der Waals surface area contributed by atoms with E-state index in [1.54, 1.807) is 0 Å². The van der Waals surface area contributed by atoms with E-state index in [0.29, 0.717) is 5.92 Å². The predicted octanol–water partition coefficient (Wildman–Crippen LogP) is 3.29. The predicted molar refractivity (Wildman–Crippen MR) is 77.1 cm³/mol. The first kappa shape index (κ1) is 14.8. The molecule has 0 bridgehead atoms. The molecule has 3 nitrogen and oxygen atoms in total. The third kappa shape index (κ3) is 4.79. The molecule has 2 aliphatic rings. The van der Waals surface area contributed by atoms with Crippen LogP contribution in [0.5, 0.6) is 0 Å². The van der Waals surface area contributed by atoms with E-state index >= 15 is 0 Å². The molecule has 2 atom stereocenters. The maximum absolute atomic E-state index is 10.9. The Morgan fingerprint density at radius 2 is 1.74 bits per heavy atom. The number of carboxylic acids is 1. The fourth-order valence-electron chi connectivity index (χ4n) is 3.85. The third-order valence-electron chi connectivity index (χ3n) is 5.11. The normalized spacial score (nSPS) is 36.1. The van der Waals surface area contributed by atoms with Gasteiger partial charge in [-0.2, -0.15) is 0 Å². The quantitative estimate of drug-likeness (QED) is 0.803. The van der Waals surface area contributed by atoms with Crippen LogP contribution in [0.15, 0.2) is 0 Å². The molecule has 0 amide bonds. The lowest BCUT2D eigenvalue weighted by Gasteiger charge is -2.29. The molecule has 0 aromatic carbocycles. The molecule has 3 heteroatoms. The lowest BCUT2D eigenvalue weighted by atomic mass is 9.81. The highest BCUT2D eigenvalue weighted by molar-refractivity contribution is 5.69. The first-order chi connectivity index (χ1) is 9.15. The van der Waals surface area contributed by atoms with Crippen molar-refractivity contribution >= 4 is 5.97 Å². The van der Waals surface area contributed by atoms with Gasteiger partial charge in [0.1, 0.15) is 0 Å². The number of hydrogen-bond donors (Lipinski definition) is 2. The maximum Gasteiger partial charge on any atom is 0.306 e. The van der Waals surface area contributed by atoms with Crippen LogP contribution in [0.2, 0.25) is 0 Å². The second-order valence-electron chi connectivity index (χ2n) is 6.85. The molecule has 2 N–H and O–H groups in total. The van der Waals surface area contributed by atoms with Crippen LogP contribution in [-0.2, 0) is 4.79 Å². The Kier molecular flexibility index (Phi) is 5.68. The van der Waals surface area contributed by atoms with E-state index in [1.165, 1.54) is 32.2 Å². The first-order valence-electron chi connectivity index (χ1n) is 8.08. The van der Waals surface area contributed by atoms with Crippen molar-refractivity contribution in [2.45, 2.75) is 58.3 Å². The molecule has 0 aliphatic heterocycles. The summed E-state index contributed by atoms with van der Waals surface area (Å²) in [5, 5.41) is 12.6. The molecule has 2 rings (SSSR count). The van der Waals surface area contributed by atoms with Gasteiger partial charge in [0, 0.05) is 0 Å². The third-order valence-corrected chi connectivity index (χ3v) is 5.11. The van der Waals surface area contributed by atoms with Crippen LogP contribution in [0.4, 0.5) is 0 Å². The molecule has 0 radical (unpaired) electrons. The zero-order chi connectivity index (χ0) is 13.7. The van der Waals surface area contributed by atoms with Crippen molar-refractivity contribution in [3.8, 4) is 0 Å². The summed E-state index contributed by atoms with van der Waals surface area (Å²) >= 11 is 0. The standard InChI is InChI=1S/C16H29NO2/c1-12-3-2-4-14(9-12)11-17-10-13-5-7-15(8-6-13)16(18)19/h12-15,17H,2-11H2,1H3,(H,18,19). The van der Waals surface area contributed by atoms with Crippen LogP contribution in [0, 0.1) is 23.7 Å². The number of carboxylic acid groups (broad SMARTS) is 1. The largest absolute Gasteiger partial charge is 0.481 e. The molecule has 19 heavy (non-hydrogen) atoms. The summed E-state index contributed by atoms with van der Waals surface area (Å²) < 4.78 is 0. The summed E-state index contributed by atoms with van der Waals surface area (Å²) in [5.41, 5.74) is 0.